The number of fused-ring (bicyclic) bond motifs is 1. The van der Waals surface area contributed by atoms with Crippen molar-refractivity contribution in [2.24, 2.45) is 11.8 Å². The summed E-state index contributed by atoms with van der Waals surface area (Å²) in [5.41, 5.74) is 5.38. The Hall–Kier alpha value is -2.77. The maximum Gasteiger partial charge on any atom is 0.0991 e. The van der Waals surface area contributed by atoms with Gasteiger partial charge in [-0.3, -0.25) is 0 Å². The first-order chi connectivity index (χ1) is 16.1. The standard InChI is InChI=1S/C29H36N4/c1-20(2)22-7-9-25(10-8-22)31-26-12-14-33(15-13-26)27-5-3-4-23(17-27)29-18-24-16-21(19-30)6-11-28(24)32-29/h3-6,11,16-18,20,22,25-26,31-32H,7-10,12-15H2,1-2H3/t22-,25-. The highest BCUT2D eigenvalue weighted by molar-refractivity contribution is 5.87. The van der Waals surface area contributed by atoms with E-state index in [-0.39, 0.29) is 0 Å². The fraction of sp³-hybridized carbons (Fsp3) is 0.483. The van der Waals surface area contributed by atoms with Crippen LogP contribution in [0.4, 0.5) is 5.69 Å². The molecule has 1 aliphatic heterocycles. The molecule has 2 fully saturated rings. The Morgan fingerprint density at radius 3 is 2.42 bits per heavy atom. The van der Waals surface area contributed by atoms with E-state index in [1.54, 1.807) is 0 Å². The van der Waals surface area contributed by atoms with Crippen molar-refractivity contribution in [3.63, 3.8) is 0 Å². The zero-order chi connectivity index (χ0) is 22.8. The van der Waals surface area contributed by atoms with E-state index >= 15 is 0 Å². The molecule has 4 nitrogen and oxygen atoms in total. The van der Waals surface area contributed by atoms with Crippen molar-refractivity contribution in [2.45, 2.75) is 64.5 Å². The lowest BCUT2D eigenvalue weighted by Gasteiger charge is -2.38. The smallest absolute Gasteiger partial charge is 0.0991 e. The Morgan fingerprint density at radius 2 is 1.70 bits per heavy atom. The van der Waals surface area contributed by atoms with Gasteiger partial charge in [0, 0.05) is 47.5 Å². The van der Waals surface area contributed by atoms with Gasteiger partial charge < -0.3 is 15.2 Å². The molecule has 5 rings (SSSR count). The molecule has 1 aromatic heterocycles. The van der Waals surface area contributed by atoms with Crippen LogP contribution in [-0.4, -0.2) is 30.2 Å². The molecule has 0 unspecified atom stereocenters. The average Bonchev–Trinajstić information content (AvgIpc) is 3.28. The summed E-state index contributed by atoms with van der Waals surface area (Å²) in [7, 11) is 0. The molecule has 1 aliphatic carbocycles. The monoisotopic (exact) mass is 440 g/mol. The highest BCUT2D eigenvalue weighted by atomic mass is 15.1. The number of rotatable bonds is 5. The van der Waals surface area contributed by atoms with E-state index in [4.69, 9.17) is 0 Å². The molecule has 33 heavy (non-hydrogen) atoms. The van der Waals surface area contributed by atoms with E-state index in [0.717, 1.165) is 47.6 Å². The summed E-state index contributed by atoms with van der Waals surface area (Å²) in [5.74, 6) is 1.77. The summed E-state index contributed by atoms with van der Waals surface area (Å²) >= 11 is 0. The topological polar surface area (TPSA) is 54.9 Å². The van der Waals surface area contributed by atoms with E-state index in [1.807, 2.05) is 18.2 Å². The molecule has 0 bridgehead atoms. The van der Waals surface area contributed by atoms with Crippen molar-refractivity contribution < 1.29 is 0 Å². The highest BCUT2D eigenvalue weighted by Crippen LogP contribution is 2.32. The Bertz CT molecular complexity index is 1120. The van der Waals surface area contributed by atoms with Crippen molar-refractivity contribution in [3.05, 3.63) is 54.1 Å². The Morgan fingerprint density at radius 1 is 0.939 bits per heavy atom. The number of piperidine rings is 1. The first-order valence-electron chi connectivity index (χ1n) is 12.7. The number of anilines is 1. The number of nitrogens with one attached hydrogen (secondary N) is 2. The number of nitrogens with zero attached hydrogens (tertiary/aromatic N) is 2. The third-order valence-electron chi connectivity index (χ3n) is 7.95. The molecule has 0 atom stereocenters. The van der Waals surface area contributed by atoms with Gasteiger partial charge in [0.2, 0.25) is 0 Å². The molecule has 0 spiro atoms. The fourth-order valence-electron chi connectivity index (χ4n) is 5.82. The van der Waals surface area contributed by atoms with Crippen LogP contribution >= 0.6 is 0 Å². The zero-order valence-electron chi connectivity index (χ0n) is 20.0. The molecule has 2 N–H and O–H groups in total. The summed E-state index contributed by atoms with van der Waals surface area (Å²) < 4.78 is 0. The van der Waals surface area contributed by atoms with E-state index in [0.29, 0.717) is 11.6 Å². The van der Waals surface area contributed by atoms with E-state index < -0.39 is 0 Å². The zero-order valence-corrected chi connectivity index (χ0v) is 20.0. The molecule has 4 heteroatoms. The molecule has 172 valence electrons. The van der Waals surface area contributed by atoms with Crippen LogP contribution in [0.3, 0.4) is 0 Å². The summed E-state index contributed by atoms with van der Waals surface area (Å²) in [5, 5.41) is 14.3. The molecule has 1 saturated heterocycles. The van der Waals surface area contributed by atoms with Gasteiger partial charge >= 0.3 is 0 Å². The summed E-state index contributed by atoms with van der Waals surface area (Å²) in [6.07, 6.45) is 7.94. The number of nitriles is 1. The SMILES string of the molecule is CC(C)[C@H]1CC[C@H](NC2CCN(c3cccc(-c4cc5cc(C#N)ccc5[nH]4)c3)CC2)CC1. The highest BCUT2D eigenvalue weighted by Gasteiger charge is 2.26. The quantitative estimate of drug-likeness (QED) is 0.477. The molecule has 3 aromatic rings. The minimum absolute atomic E-state index is 0.660. The van der Waals surface area contributed by atoms with Gasteiger partial charge in [0.25, 0.3) is 0 Å². The molecule has 2 heterocycles. The Balaban J connectivity index is 1.20. The Labute approximate surface area is 198 Å². The van der Waals surface area contributed by atoms with Gasteiger partial charge in [-0.25, -0.2) is 0 Å². The molecule has 2 aliphatic rings. The van der Waals surface area contributed by atoms with Crippen LogP contribution in [0.25, 0.3) is 22.2 Å². The van der Waals surface area contributed by atoms with Crippen LogP contribution in [0.1, 0.15) is 57.9 Å². The van der Waals surface area contributed by atoms with Gasteiger partial charge in [0.05, 0.1) is 11.6 Å². The van der Waals surface area contributed by atoms with Gasteiger partial charge in [0.1, 0.15) is 0 Å². The molecule has 0 radical (unpaired) electrons. The van der Waals surface area contributed by atoms with Gasteiger partial charge in [-0.05, 0) is 92.3 Å². The van der Waals surface area contributed by atoms with Crippen molar-refractivity contribution in [2.75, 3.05) is 18.0 Å². The molecular weight excluding hydrogens is 404 g/mol. The lowest BCUT2D eigenvalue weighted by atomic mass is 9.79. The van der Waals surface area contributed by atoms with Crippen molar-refractivity contribution in [1.29, 1.82) is 5.26 Å². The molecule has 1 saturated carbocycles. The average molecular weight is 441 g/mol. The van der Waals surface area contributed by atoms with Gasteiger partial charge in [-0.15, -0.1) is 0 Å². The summed E-state index contributed by atoms with van der Waals surface area (Å²) in [6, 6.07) is 20.4. The summed E-state index contributed by atoms with van der Waals surface area (Å²) in [6.45, 7) is 6.99. The van der Waals surface area contributed by atoms with E-state index in [1.165, 1.54) is 49.8 Å². The maximum atomic E-state index is 9.17. The van der Waals surface area contributed by atoms with Crippen LogP contribution in [0.15, 0.2) is 48.5 Å². The van der Waals surface area contributed by atoms with Crippen molar-refractivity contribution in [1.82, 2.24) is 10.3 Å². The predicted octanol–water partition coefficient (Wildman–Crippen LogP) is 6.48. The minimum Gasteiger partial charge on any atom is -0.371 e. The normalized spacial score (nSPS) is 22.1. The largest absolute Gasteiger partial charge is 0.371 e. The summed E-state index contributed by atoms with van der Waals surface area (Å²) in [4.78, 5) is 6.05. The second-order valence-corrected chi connectivity index (χ2v) is 10.4. The van der Waals surface area contributed by atoms with Gasteiger partial charge in [-0.2, -0.15) is 5.26 Å². The number of hydrogen-bond acceptors (Lipinski definition) is 3. The molecular formula is C29H36N4. The number of benzene rings is 2. The van der Waals surface area contributed by atoms with Crippen molar-refractivity contribution in [3.8, 4) is 17.3 Å². The number of aromatic amines is 1. The number of H-pyrrole nitrogens is 1. The lowest BCUT2D eigenvalue weighted by Crippen LogP contribution is -2.47. The van der Waals surface area contributed by atoms with Crippen LogP contribution in [0.5, 0.6) is 0 Å². The van der Waals surface area contributed by atoms with Gasteiger partial charge in [-0.1, -0.05) is 26.0 Å². The van der Waals surface area contributed by atoms with E-state index in [2.05, 4.69) is 65.4 Å². The fourth-order valence-corrected chi connectivity index (χ4v) is 5.82. The Kier molecular flexibility index (Phi) is 6.42. The third kappa shape index (κ3) is 4.94. The van der Waals surface area contributed by atoms with Crippen LogP contribution in [0.2, 0.25) is 0 Å². The number of hydrogen-bond donors (Lipinski definition) is 2. The van der Waals surface area contributed by atoms with Gasteiger partial charge in [0.15, 0.2) is 0 Å². The molecule has 2 aromatic carbocycles. The van der Waals surface area contributed by atoms with Crippen LogP contribution < -0.4 is 10.2 Å². The maximum absolute atomic E-state index is 9.17. The third-order valence-corrected chi connectivity index (χ3v) is 7.95. The van der Waals surface area contributed by atoms with Crippen LogP contribution in [0, 0.1) is 23.2 Å². The van der Waals surface area contributed by atoms with Crippen molar-refractivity contribution >= 4 is 16.6 Å². The first-order valence-corrected chi connectivity index (χ1v) is 12.7. The predicted molar refractivity (Wildman–Crippen MR) is 137 cm³/mol. The first kappa shape index (κ1) is 22.0. The molecule has 0 amide bonds. The second kappa shape index (κ2) is 9.61. The second-order valence-electron chi connectivity index (χ2n) is 10.4. The minimum atomic E-state index is 0.660. The number of aromatic nitrogens is 1. The van der Waals surface area contributed by atoms with E-state index in [9.17, 15) is 5.26 Å². The lowest BCUT2D eigenvalue weighted by molar-refractivity contribution is 0.221. The van der Waals surface area contributed by atoms with Crippen LogP contribution in [-0.2, 0) is 0 Å².